The lowest BCUT2D eigenvalue weighted by atomic mass is 10.0. The van der Waals surface area contributed by atoms with Crippen molar-refractivity contribution in [2.45, 2.75) is 6.42 Å². The quantitative estimate of drug-likeness (QED) is 0.666. The number of rotatable bonds is 4. The van der Waals surface area contributed by atoms with Gasteiger partial charge in [-0.05, 0) is 29.0 Å². The van der Waals surface area contributed by atoms with Crippen molar-refractivity contribution in [3.63, 3.8) is 0 Å². The minimum absolute atomic E-state index is 0.324. The summed E-state index contributed by atoms with van der Waals surface area (Å²) in [5, 5.41) is 3.01. The van der Waals surface area contributed by atoms with E-state index in [0.29, 0.717) is 29.4 Å². The van der Waals surface area contributed by atoms with Gasteiger partial charge in [0.25, 0.3) is 0 Å². The number of ether oxygens (including phenoxy) is 1. The Labute approximate surface area is 125 Å². The molecule has 0 radical (unpaired) electrons. The van der Waals surface area contributed by atoms with Crippen LogP contribution in [-0.4, -0.2) is 12.6 Å². The Morgan fingerprint density at radius 1 is 1.05 bits per heavy atom. The molecule has 2 aromatic carbocycles. The highest BCUT2D eigenvalue weighted by molar-refractivity contribution is 7.09. The van der Waals surface area contributed by atoms with Crippen LogP contribution in [0.5, 0.6) is 0 Å². The summed E-state index contributed by atoms with van der Waals surface area (Å²) < 4.78 is 19.0. The van der Waals surface area contributed by atoms with Gasteiger partial charge in [0.05, 0.1) is 12.2 Å². The number of carbonyl (C=O) groups excluding carboxylic acids is 1. The van der Waals surface area contributed by atoms with Crippen molar-refractivity contribution < 1.29 is 13.9 Å². The van der Waals surface area contributed by atoms with Gasteiger partial charge < -0.3 is 4.74 Å². The molecule has 1 aromatic heterocycles. The van der Waals surface area contributed by atoms with Gasteiger partial charge in [-0.3, -0.25) is 0 Å². The van der Waals surface area contributed by atoms with Gasteiger partial charge >= 0.3 is 5.97 Å². The third-order valence-electron chi connectivity index (χ3n) is 3.25. The molecule has 0 fully saturated rings. The highest BCUT2D eigenvalue weighted by atomic mass is 32.1. The maximum atomic E-state index is 13.7. The highest BCUT2D eigenvalue weighted by Crippen LogP contribution is 2.22. The minimum Gasteiger partial charge on any atom is -0.462 e. The van der Waals surface area contributed by atoms with E-state index in [1.54, 1.807) is 35.6 Å². The van der Waals surface area contributed by atoms with Crippen molar-refractivity contribution in [2.24, 2.45) is 0 Å². The van der Waals surface area contributed by atoms with E-state index >= 15 is 0 Å². The summed E-state index contributed by atoms with van der Waals surface area (Å²) >= 11 is 1.63. The maximum Gasteiger partial charge on any atom is 0.338 e. The standard InChI is InChI=1S/C17H13FO2S/c18-16-8-7-15(13-5-1-2-6-14(13)16)17(19)20-10-9-12-4-3-11-21-12/h1-8,11H,9-10H2. The topological polar surface area (TPSA) is 26.3 Å². The number of esters is 1. The molecule has 0 spiro atoms. The van der Waals surface area contributed by atoms with Crippen molar-refractivity contribution in [1.29, 1.82) is 0 Å². The molecular weight excluding hydrogens is 287 g/mol. The normalized spacial score (nSPS) is 10.7. The summed E-state index contributed by atoms with van der Waals surface area (Å²) in [6.07, 6.45) is 0.697. The second kappa shape index (κ2) is 6.06. The van der Waals surface area contributed by atoms with Gasteiger partial charge in [-0.25, -0.2) is 9.18 Å². The fraction of sp³-hybridized carbons (Fsp3) is 0.118. The zero-order valence-electron chi connectivity index (χ0n) is 11.2. The second-order valence-corrected chi connectivity index (χ2v) is 5.64. The molecule has 21 heavy (non-hydrogen) atoms. The molecule has 3 aromatic rings. The van der Waals surface area contributed by atoms with Crippen molar-refractivity contribution in [3.8, 4) is 0 Å². The molecule has 0 bridgehead atoms. The Kier molecular flexibility index (Phi) is 3.97. The Morgan fingerprint density at radius 3 is 2.62 bits per heavy atom. The van der Waals surface area contributed by atoms with E-state index in [9.17, 15) is 9.18 Å². The maximum absolute atomic E-state index is 13.7. The highest BCUT2D eigenvalue weighted by Gasteiger charge is 2.13. The average molecular weight is 300 g/mol. The van der Waals surface area contributed by atoms with E-state index in [4.69, 9.17) is 4.74 Å². The Hall–Kier alpha value is -2.20. The third kappa shape index (κ3) is 2.95. The van der Waals surface area contributed by atoms with Crippen LogP contribution in [0.4, 0.5) is 4.39 Å². The molecule has 0 saturated heterocycles. The van der Waals surface area contributed by atoms with Crippen LogP contribution in [0.25, 0.3) is 10.8 Å². The van der Waals surface area contributed by atoms with Gasteiger partial charge in [0, 0.05) is 16.7 Å². The van der Waals surface area contributed by atoms with E-state index in [1.165, 1.54) is 17.0 Å². The van der Waals surface area contributed by atoms with Crippen LogP contribution in [0.15, 0.2) is 53.9 Å². The van der Waals surface area contributed by atoms with Gasteiger partial charge in [0.1, 0.15) is 5.82 Å². The fourth-order valence-corrected chi connectivity index (χ4v) is 2.91. The van der Waals surface area contributed by atoms with Crippen LogP contribution in [-0.2, 0) is 11.2 Å². The molecule has 0 amide bonds. The molecule has 106 valence electrons. The van der Waals surface area contributed by atoms with Gasteiger partial charge in [-0.1, -0.05) is 30.3 Å². The van der Waals surface area contributed by atoms with Crippen molar-refractivity contribution in [2.75, 3.05) is 6.61 Å². The molecule has 4 heteroatoms. The van der Waals surface area contributed by atoms with E-state index in [1.807, 2.05) is 17.5 Å². The molecule has 3 rings (SSSR count). The first-order chi connectivity index (χ1) is 10.3. The van der Waals surface area contributed by atoms with Crippen molar-refractivity contribution in [1.82, 2.24) is 0 Å². The summed E-state index contributed by atoms with van der Waals surface area (Å²) in [6.45, 7) is 0.324. The van der Waals surface area contributed by atoms with E-state index in [0.717, 1.165) is 0 Å². The first kappa shape index (κ1) is 13.8. The predicted molar refractivity (Wildman–Crippen MR) is 82.2 cm³/mol. The zero-order valence-corrected chi connectivity index (χ0v) is 12.0. The Bertz CT molecular complexity index is 766. The number of thiophene rings is 1. The first-order valence-corrected chi connectivity index (χ1v) is 7.50. The van der Waals surface area contributed by atoms with Crippen LogP contribution in [0, 0.1) is 5.82 Å². The Balaban J connectivity index is 1.77. The molecule has 0 N–H and O–H groups in total. The lowest BCUT2D eigenvalue weighted by molar-refractivity contribution is 0.0512. The van der Waals surface area contributed by atoms with Gasteiger partial charge in [-0.15, -0.1) is 11.3 Å². The number of benzene rings is 2. The fourth-order valence-electron chi connectivity index (χ4n) is 2.22. The Morgan fingerprint density at radius 2 is 1.86 bits per heavy atom. The van der Waals surface area contributed by atoms with Crippen LogP contribution >= 0.6 is 11.3 Å². The molecule has 0 aliphatic rings. The molecule has 0 aliphatic heterocycles. The largest absolute Gasteiger partial charge is 0.462 e. The second-order valence-electron chi connectivity index (χ2n) is 4.61. The summed E-state index contributed by atoms with van der Waals surface area (Å²) in [6, 6.07) is 13.7. The molecule has 0 saturated carbocycles. The molecule has 2 nitrogen and oxygen atoms in total. The van der Waals surface area contributed by atoms with E-state index in [2.05, 4.69) is 0 Å². The third-order valence-corrected chi connectivity index (χ3v) is 4.19. The summed E-state index contributed by atoms with van der Waals surface area (Å²) in [5.41, 5.74) is 0.401. The predicted octanol–water partition coefficient (Wildman–Crippen LogP) is 4.44. The molecular formula is C17H13FO2S. The van der Waals surface area contributed by atoms with E-state index < -0.39 is 5.97 Å². The smallest absolute Gasteiger partial charge is 0.338 e. The number of hydrogen-bond donors (Lipinski definition) is 0. The average Bonchev–Trinajstić information content (AvgIpc) is 3.01. The van der Waals surface area contributed by atoms with Gasteiger partial charge in [0.2, 0.25) is 0 Å². The molecule has 1 heterocycles. The van der Waals surface area contributed by atoms with Crippen molar-refractivity contribution >= 4 is 28.1 Å². The van der Waals surface area contributed by atoms with Crippen LogP contribution < -0.4 is 0 Å². The van der Waals surface area contributed by atoms with Crippen LogP contribution in [0.3, 0.4) is 0 Å². The molecule has 0 unspecified atom stereocenters. The minimum atomic E-state index is -0.414. The van der Waals surface area contributed by atoms with Crippen molar-refractivity contribution in [3.05, 3.63) is 70.2 Å². The molecule has 0 aliphatic carbocycles. The summed E-state index contributed by atoms with van der Waals surface area (Å²) in [5.74, 6) is -0.747. The number of fused-ring (bicyclic) bond motifs is 1. The monoisotopic (exact) mass is 300 g/mol. The number of carbonyl (C=O) groups is 1. The lowest BCUT2D eigenvalue weighted by Crippen LogP contribution is -2.08. The van der Waals surface area contributed by atoms with Crippen LogP contribution in [0.2, 0.25) is 0 Å². The van der Waals surface area contributed by atoms with E-state index in [-0.39, 0.29) is 5.82 Å². The summed E-state index contributed by atoms with van der Waals surface area (Å²) in [7, 11) is 0. The zero-order chi connectivity index (χ0) is 14.7. The first-order valence-electron chi connectivity index (χ1n) is 6.62. The number of hydrogen-bond acceptors (Lipinski definition) is 3. The molecule has 0 atom stereocenters. The SMILES string of the molecule is O=C(OCCc1cccs1)c1ccc(F)c2ccccc12. The summed E-state index contributed by atoms with van der Waals surface area (Å²) in [4.78, 5) is 13.3. The number of halogens is 1. The van der Waals surface area contributed by atoms with Crippen LogP contribution in [0.1, 0.15) is 15.2 Å². The van der Waals surface area contributed by atoms with Gasteiger partial charge in [-0.2, -0.15) is 0 Å². The lowest BCUT2D eigenvalue weighted by Gasteiger charge is -2.07. The van der Waals surface area contributed by atoms with Gasteiger partial charge in [0.15, 0.2) is 0 Å².